The second-order valence-corrected chi connectivity index (χ2v) is 6.43. The fraction of sp³-hybridized carbons (Fsp3) is 0.923. The van der Waals surface area contributed by atoms with Gasteiger partial charge in [0.25, 0.3) is 0 Å². The van der Waals surface area contributed by atoms with Crippen molar-refractivity contribution in [3.8, 4) is 6.07 Å². The van der Waals surface area contributed by atoms with Gasteiger partial charge in [0, 0.05) is 17.6 Å². The lowest BCUT2D eigenvalue weighted by Crippen LogP contribution is -2.26. The van der Waals surface area contributed by atoms with Gasteiger partial charge in [-0.2, -0.15) is 17.0 Å². The van der Waals surface area contributed by atoms with Gasteiger partial charge in [0.1, 0.15) is 0 Å². The van der Waals surface area contributed by atoms with Crippen molar-refractivity contribution in [2.24, 2.45) is 11.8 Å². The van der Waals surface area contributed by atoms with Gasteiger partial charge < -0.3 is 4.74 Å². The maximum atomic E-state index is 9.15. The Hall–Kier alpha value is -0.200. The van der Waals surface area contributed by atoms with Crippen molar-refractivity contribution in [3.05, 3.63) is 0 Å². The maximum Gasteiger partial charge on any atom is 0.0667 e. The van der Waals surface area contributed by atoms with Crippen molar-refractivity contribution in [1.29, 1.82) is 5.26 Å². The van der Waals surface area contributed by atoms with Gasteiger partial charge in [-0.1, -0.05) is 6.92 Å². The van der Waals surface area contributed by atoms with Crippen molar-refractivity contribution in [2.45, 2.75) is 50.4 Å². The van der Waals surface area contributed by atoms with Crippen LogP contribution in [0.4, 0.5) is 0 Å². The average molecular weight is 239 g/mol. The summed E-state index contributed by atoms with van der Waals surface area (Å²) in [4.78, 5) is 0. The third kappa shape index (κ3) is 3.15. The van der Waals surface area contributed by atoms with Gasteiger partial charge in [-0.15, -0.1) is 0 Å². The molecule has 0 amide bonds. The molecule has 90 valence electrons. The highest BCUT2D eigenvalue weighted by Gasteiger charge is 2.30. The minimum absolute atomic E-state index is 0.280. The Bertz CT molecular complexity index is 257. The second kappa shape index (κ2) is 5.93. The molecule has 3 heteroatoms. The third-order valence-corrected chi connectivity index (χ3v) is 5.25. The van der Waals surface area contributed by atoms with Crippen LogP contribution in [0.15, 0.2) is 0 Å². The molecule has 16 heavy (non-hydrogen) atoms. The van der Waals surface area contributed by atoms with Crippen molar-refractivity contribution >= 4 is 11.8 Å². The first kappa shape index (κ1) is 12.3. The van der Waals surface area contributed by atoms with E-state index in [1.54, 1.807) is 0 Å². The average Bonchev–Trinajstić information content (AvgIpc) is 2.79. The van der Waals surface area contributed by atoms with E-state index in [0.717, 1.165) is 24.7 Å². The number of hydrogen-bond acceptors (Lipinski definition) is 3. The van der Waals surface area contributed by atoms with Crippen LogP contribution in [0.2, 0.25) is 0 Å². The standard InChI is InChI=1S/C13H21NOS/c1-10-4-5-11(8-14)13(7-10)16-9-12-3-2-6-15-12/h10-13H,2-7,9H2,1H3. The monoisotopic (exact) mass is 239 g/mol. The third-order valence-electron chi connectivity index (χ3n) is 3.74. The first-order valence-corrected chi connectivity index (χ1v) is 7.47. The van der Waals surface area contributed by atoms with Crippen LogP contribution in [0.1, 0.15) is 39.0 Å². The quantitative estimate of drug-likeness (QED) is 0.758. The molecule has 4 unspecified atom stereocenters. The Kier molecular flexibility index (Phi) is 4.55. The van der Waals surface area contributed by atoms with Crippen LogP contribution < -0.4 is 0 Å². The lowest BCUT2D eigenvalue weighted by molar-refractivity contribution is 0.128. The summed E-state index contributed by atoms with van der Waals surface area (Å²) in [7, 11) is 0. The maximum absolute atomic E-state index is 9.15. The molecule has 0 radical (unpaired) electrons. The molecule has 0 aromatic rings. The molecule has 1 aliphatic carbocycles. The molecule has 1 aliphatic heterocycles. The first-order chi connectivity index (χ1) is 7.79. The van der Waals surface area contributed by atoms with Crippen LogP contribution in [0.3, 0.4) is 0 Å². The zero-order valence-electron chi connectivity index (χ0n) is 10.0. The largest absolute Gasteiger partial charge is 0.377 e. The molecule has 0 aromatic carbocycles. The Balaban J connectivity index is 1.78. The summed E-state index contributed by atoms with van der Waals surface area (Å²) in [5, 5.41) is 9.70. The van der Waals surface area contributed by atoms with E-state index in [1.165, 1.54) is 25.7 Å². The van der Waals surface area contributed by atoms with E-state index < -0.39 is 0 Å². The lowest BCUT2D eigenvalue weighted by atomic mass is 9.83. The topological polar surface area (TPSA) is 33.0 Å². The predicted molar refractivity (Wildman–Crippen MR) is 67.3 cm³/mol. The summed E-state index contributed by atoms with van der Waals surface area (Å²) in [6.07, 6.45) is 6.44. The number of nitrogens with zero attached hydrogens (tertiary/aromatic N) is 1. The van der Waals surface area contributed by atoms with Crippen LogP contribution in [-0.4, -0.2) is 23.7 Å². The van der Waals surface area contributed by atoms with Crippen LogP contribution >= 0.6 is 11.8 Å². The Morgan fingerprint density at radius 3 is 2.94 bits per heavy atom. The van der Waals surface area contributed by atoms with Crippen molar-refractivity contribution in [3.63, 3.8) is 0 Å². The molecular formula is C13H21NOS. The minimum Gasteiger partial charge on any atom is -0.377 e. The van der Waals surface area contributed by atoms with Gasteiger partial charge >= 0.3 is 0 Å². The van der Waals surface area contributed by atoms with Crippen LogP contribution in [0.5, 0.6) is 0 Å². The van der Waals surface area contributed by atoms with Gasteiger partial charge in [0.05, 0.1) is 18.1 Å². The number of hydrogen-bond donors (Lipinski definition) is 0. The van der Waals surface area contributed by atoms with Gasteiger partial charge in [-0.25, -0.2) is 0 Å². The molecule has 2 fully saturated rings. The van der Waals surface area contributed by atoms with Gasteiger partial charge in [-0.3, -0.25) is 0 Å². The summed E-state index contributed by atoms with van der Waals surface area (Å²) in [5.41, 5.74) is 0. The molecule has 1 saturated carbocycles. The fourth-order valence-corrected chi connectivity index (χ4v) is 4.29. The van der Waals surface area contributed by atoms with E-state index in [0.29, 0.717) is 11.4 Å². The summed E-state index contributed by atoms with van der Waals surface area (Å²) < 4.78 is 5.64. The summed E-state index contributed by atoms with van der Waals surface area (Å²) in [6, 6.07) is 2.49. The summed E-state index contributed by atoms with van der Waals surface area (Å²) in [5.74, 6) is 2.17. The molecule has 0 spiro atoms. The van der Waals surface area contributed by atoms with Crippen molar-refractivity contribution in [2.75, 3.05) is 12.4 Å². The zero-order valence-corrected chi connectivity index (χ0v) is 10.8. The van der Waals surface area contributed by atoms with E-state index in [1.807, 2.05) is 11.8 Å². The number of rotatable bonds is 3. The lowest BCUT2D eigenvalue weighted by Gasteiger charge is -2.31. The van der Waals surface area contributed by atoms with E-state index in [4.69, 9.17) is 10.00 Å². The molecule has 1 heterocycles. The number of thioether (sulfide) groups is 1. The highest BCUT2D eigenvalue weighted by molar-refractivity contribution is 7.99. The predicted octanol–water partition coefficient (Wildman–Crippen LogP) is 3.23. The molecule has 0 aromatic heterocycles. The fourth-order valence-electron chi connectivity index (χ4n) is 2.67. The summed E-state index contributed by atoms with van der Waals surface area (Å²) >= 11 is 1.98. The van der Waals surface area contributed by atoms with Crippen LogP contribution in [0.25, 0.3) is 0 Å². The molecule has 1 saturated heterocycles. The van der Waals surface area contributed by atoms with Gasteiger partial charge in [0.2, 0.25) is 0 Å². The number of nitriles is 1. The van der Waals surface area contributed by atoms with Gasteiger partial charge in [0.15, 0.2) is 0 Å². The normalized spacial score (nSPS) is 39.5. The Labute approximate surface area is 103 Å². The van der Waals surface area contributed by atoms with E-state index in [-0.39, 0.29) is 5.92 Å². The van der Waals surface area contributed by atoms with E-state index in [9.17, 15) is 0 Å². The molecule has 0 bridgehead atoms. The number of ether oxygens (including phenoxy) is 1. The SMILES string of the molecule is CC1CCC(C#N)C(SCC2CCCO2)C1. The van der Waals surface area contributed by atoms with Crippen LogP contribution in [-0.2, 0) is 4.74 Å². The molecule has 2 rings (SSSR count). The van der Waals surface area contributed by atoms with E-state index in [2.05, 4.69) is 13.0 Å². The molecule has 2 nitrogen and oxygen atoms in total. The second-order valence-electron chi connectivity index (χ2n) is 5.16. The van der Waals surface area contributed by atoms with Crippen molar-refractivity contribution in [1.82, 2.24) is 0 Å². The van der Waals surface area contributed by atoms with Gasteiger partial charge in [-0.05, 0) is 38.0 Å². The smallest absolute Gasteiger partial charge is 0.0667 e. The van der Waals surface area contributed by atoms with Crippen molar-refractivity contribution < 1.29 is 4.74 Å². The molecule has 0 N–H and O–H groups in total. The zero-order chi connectivity index (χ0) is 11.4. The molecule has 2 aliphatic rings. The highest BCUT2D eigenvalue weighted by Crippen LogP contribution is 2.37. The first-order valence-electron chi connectivity index (χ1n) is 6.42. The molecular weight excluding hydrogens is 218 g/mol. The Morgan fingerprint density at radius 1 is 1.38 bits per heavy atom. The van der Waals surface area contributed by atoms with E-state index >= 15 is 0 Å². The Morgan fingerprint density at radius 2 is 2.25 bits per heavy atom. The summed E-state index contributed by atoms with van der Waals surface area (Å²) in [6.45, 7) is 3.25. The van der Waals surface area contributed by atoms with Crippen LogP contribution in [0, 0.1) is 23.2 Å². The minimum atomic E-state index is 0.280. The highest BCUT2D eigenvalue weighted by atomic mass is 32.2. The molecule has 4 atom stereocenters.